The lowest BCUT2D eigenvalue weighted by atomic mass is 10.1. The van der Waals surface area contributed by atoms with Crippen molar-refractivity contribution in [3.8, 4) is 28.8 Å². The first-order valence-corrected chi connectivity index (χ1v) is 9.78. The van der Waals surface area contributed by atoms with E-state index in [0.29, 0.717) is 17.3 Å². The average Bonchev–Trinajstić information content (AvgIpc) is 3.24. The minimum atomic E-state index is -0.237. The summed E-state index contributed by atoms with van der Waals surface area (Å²) in [5.74, 6) is 1.08. The highest BCUT2D eigenvalue weighted by Crippen LogP contribution is 2.24. The Balaban J connectivity index is 1.48. The summed E-state index contributed by atoms with van der Waals surface area (Å²) in [7, 11) is 1.54. The Kier molecular flexibility index (Phi) is 5.93. The summed E-state index contributed by atoms with van der Waals surface area (Å²) in [5, 5.41) is 7.25. The molecule has 0 unspecified atom stereocenters. The van der Waals surface area contributed by atoms with Crippen LogP contribution in [0, 0.1) is 6.92 Å². The maximum absolute atomic E-state index is 12.2. The van der Waals surface area contributed by atoms with Crippen molar-refractivity contribution in [2.24, 2.45) is 0 Å². The summed E-state index contributed by atoms with van der Waals surface area (Å²) >= 11 is 0. The number of hydrogen-bond donors (Lipinski definition) is 1. The smallest absolute Gasteiger partial charge is 0.336 e. The lowest BCUT2D eigenvalue weighted by Gasteiger charge is -2.09. The second-order valence-corrected chi connectivity index (χ2v) is 6.90. The van der Waals surface area contributed by atoms with Gasteiger partial charge in [0.25, 0.3) is 5.91 Å². The lowest BCUT2D eigenvalue weighted by Crippen LogP contribution is -2.20. The van der Waals surface area contributed by atoms with Crippen LogP contribution in [0.3, 0.4) is 0 Å². The zero-order valence-corrected chi connectivity index (χ0v) is 17.3. The molecule has 1 N–H and O–H groups in total. The molecule has 0 fully saturated rings. The summed E-state index contributed by atoms with van der Waals surface area (Å²) in [6.07, 6.45) is 0. The van der Waals surface area contributed by atoms with Crippen LogP contribution in [0.2, 0.25) is 0 Å². The van der Waals surface area contributed by atoms with Crippen molar-refractivity contribution in [2.75, 3.05) is 19.0 Å². The van der Waals surface area contributed by atoms with Gasteiger partial charge in [0.1, 0.15) is 5.75 Å². The number of amides is 1. The van der Waals surface area contributed by atoms with Crippen molar-refractivity contribution in [3.63, 3.8) is 0 Å². The van der Waals surface area contributed by atoms with E-state index in [-0.39, 0.29) is 18.5 Å². The molecule has 4 rings (SSSR count). The molecule has 0 radical (unpaired) electrons. The van der Waals surface area contributed by atoms with Crippen LogP contribution in [0.25, 0.3) is 17.1 Å². The van der Waals surface area contributed by atoms with Crippen molar-refractivity contribution in [1.29, 1.82) is 0 Å². The highest BCUT2D eigenvalue weighted by Gasteiger charge is 2.14. The number of benzene rings is 3. The third kappa shape index (κ3) is 4.90. The highest BCUT2D eigenvalue weighted by atomic mass is 16.5. The van der Waals surface area contributed by atoms with Crippen LogP contribution >= 0.6 is 0 Å². The molecule has 0 atom stereocenters. The van der Waals surface area contributed by atoms with Gasteiger partial charge < -0.3 is 14.8 Å². The third-order valence-electron chi connectivity index (χ3n) is 4.59. The fourth-order valence-corrected chi connectivity index (χ4v) is 3.00. The number of aryl methyl sites for hydroxylation is 1. The van der Waals surface area contributed by atoms with E-state index in [9.17, 15) is 4.79 Å². The largest absolute Gasteiger partial charge is 0.484 e. The number of para-hydroxylation sites is 1. The number of ether oxygens (including phenoxy) is 2. The predicted molar refractivity (Wildman–Crippen MR) is 119 cm³/mol. The Morgan fingerprint density at radius 1 is 0.968 bits per heavy atom. The number of anilines is 1. The number of nitrogens with one attached hydrogen (secondary N) is 1. The van der Waals surface area contributed by atoms with Gasteiger partial charge in [-0.15, -0.1) is 5.10 Å². The third-order valence-corrected chi connectivity index (χ3v) is 4.59. The van der Waals surface area contributed by atoms with E-state index in [0.717, 1.165) is 16.8 Å². The molecule has 0 aliphatic heterocycles. The fraction of sp³-hybridized carbons (Fsp3) is 0.125. The summed E-state index contributed by atoms with van der Waals surface area (Å²) in [5.41, 5.74) is 3.55. The summed E-state index contributed by atoms with van der Waals surface area (Å²) in [6, 6.07) is 24.9. The van der Waals surface area contributed by atoms with Crippen molar-refractivity contribution in [3.05, 3.63) is 84.4 Å². The molecule has 0 saturated heterocycles. The van der Waals surface area contributed by atoms with Crippen LogP contribution in [-0.2, 0) is 4.79 Å². The molecule has 1 heterocycles. The minimum Gasteiger partial charge on any atom is -0.484 e. The summed E-state index contributed by atoms with van der Waals surface area (Å²) < 4.78 is 12.4. The van der Waals surface area contributed by atoms with Crippen LogP contribution in [0.15, 0.2) is 78.9 Å². The SMILES string of the molecule is COc1nc(-c2ccc(C)cc2)n(-c2ccc(NC(=O)COc3ccccc3)cc2)n1. The van der Waals surface area contributed by atoms with E-state index in [2.05, 4.69) is 15.4 Å². The predicted octanol–water partition coefficient (Wildman–Crippen LogP) is 4.27. The molecule has 0 aliphatic rings. The lowest BCUT2D eigenvalue weighted by molar-refractivity contribution is -0.118. The Morgan fingerprint density at radius 2 is 1.68 bits per heavy atom. The van der Waals surface area contributed by atoms with E-state index in [1.807, 2.05) is 73.7 Å². The molecule has 0 saturated carbocycles. The van der Waals surface area contributed by atoms with Crippen LogP contribution < -0.4 is 14.8 Å². The van der Waals surface area contributed by atoms with Crippen molar-refractivity contribution in [1.82, 2.24) is 14.8 Å². The van der Waals surface area contributed by atoms with E-state index >= 15 is 0 Å². The topological polar surface area (TPSA) is 78.3 Å². The molecule has 7 nitrogen and oxygen atoms in total. The van der Waals surface area contributed by atoms with Crippen molar-refractivity contribution in [2.45, 2.75) is 6.92 Å². The summed E-state index contributed by atoms with van der Waals surface area (Å²) in [4.78, 5) is 16.6. The number of rotatable bonds is 7. The van der Waals surface area contributed by atoms with Gasteiger partial charge in [-0.3, -0.25) is 4.79 Å². The number of carbonyl (C=O) groups excluding carboxylic acids is 1. The molecule has 0 spiro atoms. The van der Waals surface area contributed by atoms with Crippen molar-refractivity contribution < 1.29 is 14.3 Å². The van der Waals surface area contributed by atoms with Gasteiger partial charge in [-0.25, -0.2) is 4.68 Å². The highest BCUT2D eigenvalue weighted by molar-refractivity contribution is 5.91. The van der Waals surface area contributed by atoms with Gasteiger partial charge in [0.15, 0.2) is 12.4 Å². The molecule has 0 bridgehead atoms. The maximum atomic E-state index is 12.2. The normalized spacial score (nSPS) is 10.5. The van der Waals surface area contributed by atoms with Crippen LogP contribution in [0.4, 0.5) is 5.69 Å². The molecule has 3 aromatic carbocycles. The number of aromatic nitrogens is 3. The van der Waals surface area contributed by atoms with Gasteiger partial charge in [0.05, 0.1) is 12.8 Å². The molecule has 1 amide bonds. The van der Waals surface area contributed by atoms with E-state index in [1.54, 1.807) is 16.8 Å². The second-order valence-electron chi connectivity index (χ2n) is 6.90. The number of hydrogen-bond acceptors (Lipinski definition) is 5. The second kappa shape index (κ2) is 9.13. The summed E-state index contributed by atoms with van der Waals surface area (Å²) in [6.45, 7) is 1.97. The number of methoxy groups -OCH3 is 1. The first-order chi connectivity index (χ1) is 15.1. The Morgan fingerprint density at radius 3 is 2.35 bits per heavy atom. The molecule has 7 heteroatoms. The van der Waals surface area contributed by atoms with Crippen LogP contribution in [-0.4, -0.2) is 34.4 Å². The molecular weight excluding hydrogens is 392 g/mol. The first-order valence-electron chi connectivity index (χ1n) is 9.78. The van der Waals surface area contributed by atoms with Gasteiger partial charge in [-0.05, 0) is 43.3 Å². The van der Waals surface area contributed by atoms with Gasteiger partial charge >= 0.3 is 6.01 Å². The van der Waals surface area contributed by atoms with E-state index < -0.39 is 0 Å². The molecule has 31 heavy (non-hydrogen) atoms. The van der Waals surface area contributed by atoms with E-state index in [4.69, 9.17) is 9.47 Å². The van der Waals surface area contributed by atoms with Gasteiger partial charge in [0.2, 0.25) is 0 Å². The molecular formula is C24H22N4O3. The Labute approximate surface area is 180 Å². The molecule has 1 aromatic heterocycles. The van der Waals surface area contributed by atoms with Crippen molar-refractivity contribution >= 4 is 11.6 Å². The Hall–Kier alpha value is -4.13. The quantitative estimate of drug-likeness (QED) is 0.489. The van der Waals surface area contributed by atoms with Gasteiger partial charge in [-0.2, -0.15) is 4.98 Å². The zero-order valence-electron chi connectivity index (χ0n) is 17.3. The van der Waals surface area contributed by atoms with Crippen LogP contribution in [0.1, 0.15) is 5.56 Å². The molecule has 156 valence electrons. The fourth-order valence-electron chi connectivity index (χ4n) is 3.00. The number of carbonyl (C=O) groups is 1. The molecule has 4 aromatic rings. The zero-order chi connectivity index (χ0) is 21.6. The minimum absolute atomic E-state index is 0.0659. The van der Waals surface area contributed by atoms with E-state index in [1.165, 1.54) is 7.11 Å². The standard InChI is InChI=1S/C24H22N4O3/c1-17-8-10-18(11-9-17)23-26-24(30-2)27-28(23)20-14-12-19(13-15-20)25-22(29)16-31-21-6-4-3-5-7-21/h3-15H,16H2,1-2H3,(H,25,29). The Bertz CT molecular complexity index is 1150. The average molecular weight is 414 g/mol. The monoisotopic (exact) mass is 414 g/mol. The molecule has 0 aliphatic carbocycles. The van der Waals surface area contributed by atoms with Gasteiger partial charge in [0, 0.05) is 11.3 Å². The number of nitrogens with zero attached hydrogens (tertiary/aromatic N) is 3. The maximum Gasteiger partial charge on any atom is 0.336 e. The van der Waals surface area contributed by atoms with Gasteiger partial charge in [-0.1, -0.05) is 48.0 Å². The first kappa shape index (κ1) is 20.2. The van der Waals surface area contributed by atoms with Crippen LogP contribution in [0.5, 0.6) is 11.8 Å².